The van der Waals surface area contributed by atoms with Gasteiger partial charge in [0, 0.05) is 51.4 Å². The first kappa shape index (κ1) is 40.5. The van der Waals surface area contributed by atoms with E-state index in [1.165, 1.54) is 28.5 Å². The number of hydrogen-bond donors (Lipinski definition) is 4. The van der Waals surface area contributed by atoms with Crippen molar-refractivity contribution < 1.29 is 38.3 Å². The van der Waals surface area contributed by atoms with Gasteiger partial charge in [0.25, 0.3) is 11.8 Å². The molecule has 8 amide bonds. The number of ether oxygens (including phenoxy) is 1. The van der Waals surface area contributed by atoms with E-state index < -0.39 is 65.9 Å². The molecule has 2 atom stereocenters. The van der Waals surface area contributed by atoms with Crippen molar-refractivity contribution in [2.75, 3.05) is 32.7 Å². The van der Waals surface area contributed by atoms with E-state index in [1.54, 1.807) is 20.8 Å². The van der Waals surface area contributed by atoms with Crippen LogP contribution in [0.4, 0.5) is 9.59 Å². The molecule has 16 nitrogen and oxygen atoms in total. The molecule has 1 fully saturated rings. The highest BCUT2D eigenvalue weighted by molar-refractivity contribution is 5.99. The number of hydrogen-bond acceptors (Lipinski definition) is 8. The number of carbonyl (C=O) groups excluding carboxylic acids is 7. The van der Waals surface area contributed by atoms with Crippen LogP contribution in [0.3, 0.4) is 0 Å². The summed E-state index contributed by atoms with van der Waals surface area (Å²) in [7, 11) is 0. The van der Waals surface area contributed by atoms with Gasteiger partial charge < -0.3 is 35.8 Å². The van der Waals surface area contributed by atoms with E-state index in [0.717, 1.165) is 23.3 Å². The Morgan fingerprint density at radius 3 is 1.73 bits per heavy atom. The standard InChI is InChI=1S/C36H48N8O8/c1-25(39-34(50)41-18-20-42(21-19-41)35(51)52-36(3,4)5)32(48)38-26(2)33(49)40-44(24-29(37)45)31(47)17-16-30(46)43(22-27-12-8-6-9-13-27)23-28-14-10-7-11-15-28/h6-17,25-26H,18-24H2,1-5H3,(H2,37,45)(H,38,48)(H,39,50)(H,40,49)/b17-16+/t25-,26+/m1/s1. The van der Waals surface area contributed by atoms with Crippen LogP contribution in [-0.4, -0.2) is 112 Å². The zero-order chi connectivity index (χ0) is 38.4. The Morgan fingerprint density at radius 2 is 1.23 bits per heavy atom. The lowest BCUT2D eigenvalue weighted by atomic mass is 10.1. The fourth-order valence-electron chi connectivity index (χ4n) is 4.88. The summed E-state index contributed by atoms with van der Waals surface area (Å²) in [6.45, 7) is 8.82. The van der Waals surface area contributed by atoms with Gasteiger partial charge in [-0.3, -0.25) is 29.4 Å². The summed E-state index contributed by atoms with van der Waals surface area (Å²) >= 11 is 0. The number of rotatable bonds is 12. The molecule has 3 rings (SSSR count). The third kappa shape index (κ3) is 13.4. The van der Waals surface area contributed by atoms with Gasteiger partial charge in [-0.05, 0) is 45.7 Å². The fourth-order valence-corrected chi connectivity index (χ4v) is 4.88. The quantitative estimate of drug-likeness (QED) is 0.185. The second kappa shape index (κ2) is 18.9. The zero-order valence-corrected chi connectivity index (χ0v) is 30.2. The van der Waals surface area contributed by atoms with Gasteiger partial charge in [-0.2, -0.15) is 0 Å². The van der Waals surface area contributed by atoms with Crippen molar-refractivity contribution >= 4 is 41.7 Å². The van der Waals surface area contributed by atoms with Crippen LogP contribution in [0, 0.1) is 0 Å². The zero-order valence-electron chi connectivity index (χ0n) is 30.2. The fraction of sp³-hybridized carbons (Fsp3) is 0.417. The highest BCUT2D eigenvalue weighted by Crippen LogP contribution is 2.13. The maximum absolute atomic E-state index is 13.3. The van der Waals surface area contributed by atoms with E-state index >= 15 is 0 Å². The molecule has 0 spiro atoms. The molecule has 0 aliphatic carbocycles. The van der Waals surface area contributed by atoms with Crippen LogP contribution in [0.15, 0.2) is 72.8 Å². The topological polar surface area (TPSA) is 204 Å². The van der Waals surface area contributed by atoms with Gasteiger partial charge >= 0.3 is 12.1 Å². The highest BCUT2D eigenvalue weighted by Gasteiger charge is 2.30. The number of piperazine rings is 1. The molecular weight excluding hydrogens is 672 g/mol. The minimum Gasteiger partial charge on any atom is -0.444 e. The molecule has 280 valence electrons. The average molecular weight is 721 g/mol. The van der Waals surface area contributed by atoms with Gasteiger partial charge in [0.15, 0.2) is 0 Å². The maximum atomic E-state index is 13.3. The van der Waals surface area contributed by atoms with Crippen LogP contribution in [0.1, 0.15) is 45.7 Å². The lowest BCUT2D eigenvalue weighted by Gasteiger charge is -2.36. The summed E-state index contributed by atoms with van der Waals surface area (Å²) in [4.78, 5) is 93.5. The number of hydrazine groups is 1. The first-order chi connectivity index (χ1) is 24.5. The van der Waals surface area contributed by atoms with Gasteiger partial charge in [0.2, 0.25) is 17.7 Å². The molecule has 0 bridgehead atoms. The van der Waals surface area contributed by atoms with Crippen LogP contribution < -0.4 is 21.8 Å². The molecule has 0 unspecified atom stereocenters. The Hall–Kier alpha value is -5.93. The van der Waals surface area contributed by atoms with E-state index in [2.05, 4.69) is 16.1 Å². The Morgan fingerprint density at radius 1 is 0.750 bits per heavy atom. The second-order valence-corrected chi connectivity index (χ2v) is 13.2. The SMILES string of the molecule is C[C@H](NC(=O)[C@@H](C)NC(=O)N1CCN(C(=O)OC(C)(C)C)CC1)C(=O)NN(CC(N)=O)C(=O)/C=C/C(=O)N(Cc1ccccc1)Cc1ccccc1. The molecule has 16 heteroatoms. The number of carbonyl (C=O) groups is 7. The lowest BCUT2D eigenvalue weighted by Crippen LogP contribution is -2.58. The molecule has 0 aromatic heterocycles. The molecular formula is C36H48N8O8. The molecule has 0 radical (unpaired) electrons. The number of urea groups is 1. The Bertz CT molecular complexity index is 1560. The summed E-state index contributed by atoms with van der Waals surface area (Å²) in [5.41, 5.74) is 8.67. The number of amides is 8. The number of nitrogens with one attached hydrogen (secondary N) is 3. The van der Waals surface area contributed by atoms with Crippen molar-refractivity contribution in [3.8, 4) is 0 Å². The summed E-state index contributed by atoms with van der Waals surface area (Å²) in [6, 6.07) is 15.8. The van der Waals surface area contributed by atoms with Crippen LogP contribution >= 0.6 is 0 Å². The monoisotopic (exact) mass is 720 g/mol. The van der Waals surface area contributed by atoms with Crippen molar-refractivity contribution in [2.45, 2.75) is 65.4 Å². The Labute approximate surface area is 303 Å². The van der Waals surface area contributed by atoms with E-state index in [1.807, 2.05) is 60.7 Å². The smallest absolute Gasteiger partial charge is 0.410 e. The van der Waals surface area contributed by atoms with Crippen LogP contribution in [0.2, 0.25) is 0 Å². The van der Waals surface area contributed by atoms with Crippen molar-refractivity contribution in [1.82, 2.24) is 35.8 Å². The van der Waals surface area contributed by atoms with Gasteiger partial charge in [-0.25, -0.2) is 14.6 Å². The minimum atomic E-state index is -1.22. The summed E-state index contributed by atoms with van der Waals surface area (Å²) in [5, 5.41) is 5.66. The molecule has 1 aliphatic heterocycles. The number of primary amides is 1. The molecule has 5 N–H and O–H groups in total. The van der Waals surface area contributed by atoms with Gasteiger partial charge in [0.05, 0.1) is 0 Å². The largest absolute Gasteiger partial charge is 0.444 e. The van der Waals surface area contributed by atoms with Crippen molar-refractivity contribution in [3.63, 3.8) is 0 Å². The molecule has 1 heterocycles. The third-order valence-electron chi connectivity index (χ3n) is 7.64. The summed E-state index contributed by atoms with van der Waals surface area (Å²) < 4.78 is 5.37. The van der Waals surface area contributed by atoms with Crippen LogP contribution in [0.5, 0.6) is 0 Å². The number of nitrogens with zero attached hydrogens (tertiary/aromatic N) is 4. The van der Waals surface area contributed by atoms with Gasteiger partial charge in [-0.15, -0.1) is 0 Å². The normalized spacial score (nSPS) is 14.1. The number of benzene rings is 2. The van der Waals surface area contributed by atoms with Gasteiger partial charge in [-0.1, -0.05) is 60.7 Å². The van der Waals surface area contributed by atoms with Crippen molar-refractivity contribution in [2.24, 2.45) is 5.73 Å². The van der Waals surface area contributed by atoms with E-state index in [0.29, 0.717) is 5.01 Å². The highest BCUT2D eigenvalue weighted by atomic mass is 16.6. The third-order valence-corrected chi connectivity index (χ3v) is 7.64. The Balaban J connectivity index is 1.55. The van der Waals surface area contributed by atoms with Crippen LogP contribution in [-0.2, 0) is 41.8 Å². The summed E-state index contributed by atoms with van der Waals surface area (Å²) in [6.07, 6.45) is 1.49. The predicted molar refractivity (Wildman–Crippen MR) is 190 cm³/mol. The molecule has 2 aromatic carbocycles. The molecule has 1 aliphatic rings. The Kier molecular flexibility index (Phi) is 14.7. The predicted octanol–water partition coefficient (Wildman–Crippen LogP) is 1.27. The van der Waals surface area contributed by atoms with E-state index in [-0.39, 0.29) is 39.3 Å². The average Bonchev–Trinajstić information content (AvgIpc) is 3.09. The lowest BCUT2D eigenvalue weighted by molar-refractivity contribution is -0.142. The molecule has 0 saturated carbocycles. The first-order valence-corrected chi connectivity index (χ1v) is 16.8. The second-order valence-electron chi connectivity index (χ2n) is 13.2. The number of nitrogens with two attached hydrogens (primary N) is 1. The summed E-state index contributed by atoms with van der Waals surface area (Å²) in [5.74, 6) is -3.91. The van der Waals surface area contributed by atoms with E-state index in [4.69, 9.17) is 10.5 Å². The first-order valence-electron chi connectivity index (χ1n) is 16.8. The van der Waals surface area contributed by atoms with Crippen molar-refractivity contribution in [1.29, 1.82) is 0 Å². The maximum Gasteiger partial charge on any atom is 0.410 e. The molecule has 2 aromatic rings. The van der Waals surface area contributed by atoms with Crippen LogP contribution in [0.25, 0.3) is 0 Å². The molecule has 52 heavy (non-hydrogen) atoms. The van der Waals surface area contributed by atoms with E-state index in [9.17, 15) is 33.6 Å². The van der Waals surface area contributed by atoms with Crippen molar-refractivity contribution in [3.05, 3.63) is 83.9 Å². The van der Waals surface area contributed by atoms with Gasteiger partial charge in [0.1, 0.15) is 24.2 Å². The minimum absolute atomic E-state index is 0.222. The molecule has 1 saturated heterocycles.